The number of nitro groups is 1. The zero-order valence-corrected chi connectivity index (χ0v) is 13.5. The summed E-state index contributed by atoms with van der Waals surface area (Å²) in [6.45, 7) is 0. The third-order valence-corrected chi connectivity index (χ3v) is 4.97. The fourth-order valence-corrected chi connectivity index (χ4v) is 3.39. The van der Waals surface area contributed by atoms with E-state index >= 15 is 0 Å². The summed E-state index contributed by atoms with van der Waals surface area (Å²) in [5.41, 5.74) is 1.85. The SMILES string of the molecule is CNc1ccc([N+](=O)[O-])cc1CSc1nnc(N(C)C)s1. The quantitative estimate of drug-likeness (QED) is 0.496. The highest BCUT2D eigenvalue weighted by atomic mass is 32.2. The number of thioether (sulfide) groups is 1. The Morgan fingerprint density at radius 2 is 2.19 bits per heavy atom. The molecule has 2 rings (SSSR count). The molecule has 0 spiro atoms. The molecular weight excluding hydrogens is 310 g/mol. The average molecular weight is 325 g/mol. The Morgan fingerprint density at radius 1 is 1.43 bits per heavy atom. The van der Waals surface area contributed by atoms with Gasteiger partial charge in [-0.15, -0.1) is 10.2 Å². The number of non-ortho nitro benzene ring substituents is 1. The highest BCUT2D eigenvalue weighted by Gasteiger charge is 2.12. The number of anilines is 2. The molecule has 0 radical (unpaired) electrons. The molecule has 21 heavy (non-hydrogen) atoms. The molecule has 0 bridgehead atoms. The van der Waals surface area contributed by atoms with Crippen molar-refractivity contribution in [2.24, 2.45) is 0 Å². The van der Waals surface area contributed by atoms with Crippen molar-refractivity contribution in [3.8, 4) is 0 Å². The van der Waals surface area contributed by atoms with Crippen LogP contribution in [0, 0.1) is 10.1 Å². The van der Waals surface area contributed by atoms with E-state index in [-0.39, 0.29) is 10.6 Å². The summed E-state index contributed by atoms with van der Waals surface area (Å²) in [5, 5.41) is 22.9. The molecule has 112 valence electrons. The van der Waals surface area contributed by atoms with Crippen LogP contribution in [0.3, 0.4) is 0 Å². The lowest BCUT2D eigenvalue weighted by Crippen LogP contribution is -2.07. The first kappa shape index (κ1) is 15.5. The standard InChI is InChI=1S/C12H15N5O2S2/c1-13-10-5-4-9(17(18)19)6-8(10)7-20-12-15-14-11(21-12)16(2)3/h4-6,13H,7H2,1-3H3. The fraction of sp³-hybridized carbons (Fsp3) is 0.333. The molecule has 1 N–H and O–H groups in total. The van der Waals surface area contributed by atoms with Crippen molar-refractivity contribution < 1.29 is 4.92 Å². The van der Waals surface area contributed by atoms with E-state index in [1.807, 2.05) is 19.0 Å². The van der Waals surface area contributed by atoms with Gasteiger partial charge in [-0.2, -0.15) is 0 Å². The van der Waals surface area contributed by atoms with E-state index in [1.54, 1.807) is 19.2 Å². The molecule has 0 fully saturated rings. The van der Waals surface area contributed by atoms with E-state index in [9.17, 15) is 10.1 Å². The van der Waals surface area contributed by atoms with Crippen molar-refractivity contribution in [2.45, 2.75) is 10.1 Å². The largest absolute Gasteiger partial charge is 0.388 e. The molecule has 2 aromatic rings. The number of hydrogen-bond acceptors (Lipinski definition) is 8. The lowest BCUT2D eigenvalue weighted by atomic mass is 10.2. The van der Waals surface area contributed by atoms with Crippen LogP contribution in [0.4, 0.5) is 16.5 Å². The third kappa shape index (κ3) is 3.82. The van der Waals surface area contributed by atoms with Gasteiger partial charge < -0.3 is 10.2 Å². The molecule has 0 saturated heterocycles. The maximum absolute atomic E-state index is 10.9. The minimum absolute atomic E-state index is 0.0934. The normalized spacial score (nSPS) is 10.4. The number of nitro benzene ring substituents is 1. The maximum Gasteiger partial charge on any atom is 0.269 e. The van der Waals surface area contributed by atoms with Crippen molar-refractivity contribution in [1.29, 1.82) is 0 Å². The van der Waals surface area contributed by atoms with Gasteiger partial charge in [-0.05, 0) is 11.6 Å². The average Bonchev–Trinajstić information content (AvgIpc) is 2.93. The van der Waals surface area contributed by atoms with Crippen LogP contribution in [0.25, 0.3) is 0 Å². The summed E-state index contributed by atoms with van der Waals surface area (Å²) < 4.78 is 0.840. The van der Waals surface area contributed by atoms with Crippen molar-refractivity contribution in [1.82, 2.24) is 10.2 Å². The summed E-state index contributed by atoms with van der Waals surface area (Å²) >= 11 is 3.01. The molecule has 1 aromatic heterocycles. The van der Waals surface area contributed by atoms with Crippen LogP contribution >= 0.6 is 23.1 Å². The van der Waals surface area contributed by atoms with Crippen molar-refractivity contribution >= 4 is 39.6 Å². The van der Waals surface area contributed by atoms with Crippen LogP contribution < -0.4 is 10.2 Å². The second kappa shape index (κ2) is 6.72. The van der Waals surface area contributed by atoms with Crippen LogP contribution in [0.1, 0.15) is 5.56 Å². The van der Waals surface area contributed by atoms with Crippen LogP contribution in [0.15, 0.2) is 22.5 Å². The minimum Gasteiger partial charge on any atom is -0.388 e. The summed E-state index contributed by atoms with van der Waals surface area (Å²) in [4.78, 5) is 12.4. The number of aromatic nitrogens is 2. The first-order chi connectivity index (χ1) is 10.0. The number of rotatable bonds is 6. The molecular formula is C12H15N5O2S2. The van der Waals surface area contributed by atoms with Crippen LogP contribution in [0.2, 0.25) is 0 Å². The second-order valence-electron chi connectivity index (χ2n) is 4.38. The Hall–Kier alpha value is -1.87. The predicted molar refractivity (Wildman–Crippen MR) is 86.4 cm³/mol. The smallest absolute Gasteiger partial charge is 0.269 e. The van der Waals surface area contributed by atoms with Crippen LogP contribution in [-0.4, -0.2) is 36.3 Å². The van der Waals surface area contributed by atoms with Crippen LogP contribution in [0.5, 0.6) is 0 Å². The first-order valence-corrected chi connectivity index (χ1v) is 7.90. The molecule has 0 unspecified atom stereocenters. The summed E-state index contributed by atoms with van der Waals surface area (Å²) in [6.07, 6.45) is 0. The van der Waals surface area contributed by atoms with Gasteiger partial charge in [-0.1, -0.05) is 23.1 Å². The van der Waals surface area contributed by atoms with Crippen LogP contribution in [-0.2, 0) is 5.75 Å². The zero-order chi connectivity index (χ0) is 15.4. The Kier molecular flexibility index (Phi) is 4.97. The molecule has 0 amide bonds. The van der Waals surface area contributed by atoms with Gasteiger partial charge in [-0.25, -0.2) is 0 Å². The molecule has 1 heterocycles. The lowest BCUT2D eigenvalue weighted by Gasteiger charge is -2.07. The fourth-order valence-electron chi connectivity index (χ4n) is 1.64. The van der Waals surface area contributed by atoms with E-state index < -0.39 is 0 Å². The number of nitrogens with one attached hydrogen (secondary N) is 1. The van der Waals surface area contributed by atoms with E-state index in [2.05, 4.69) is 15.5 Å². The highest BCUT2D eigenvalue weighted by molar-refractivity contribution is 8.00. The van der Waals surface area contributed by atoms with E-state index in [1.165, 1.54) is 29.2 Å². The number of hydrogen-bond donors (Lipinski definition) is 1. The van der Waals surface area contributed by atoms with Gasteiger partial charge in [0.2, 0.25) is 5.13 Å². The molecule has 7 nitrogen and oxygen atoms in total. The second-order valence-corrected chi connectivity index (χ2v) is 6.56. The molecule has 0 aliphatic heterocycles. The van der Waals surface area contributed by atoms with E-state index in [0.717, 1.165) is 20.7 Å². The van der Waals surface area contributed by atoms with Gasteiger partial charge in [0.25, 0.3) is 5.69 Å². The zero-order valence-electron chi connectivity index (χ0n) is 11.9. The van der Waals surface area contributed by atoms with Crippen molar-refractivity contribution in [3.63, 3.8) is 0 Å². The van der Waals surface area contributed by atoms with Gasteiger partial charge in [0.1, 0.15) is 0 Å². The Labute approximate surface area is 130 Å². The van der Waals surface area contributed by atoms with E-state index in [4.69, 9.17) is 0 Å². The predicted octanol–water partition coefficient (Wildman–Crippen LogP) is 2.85. The van der Waals surface area contributed by atoms with Gasteiger partial charge in [0.05, 0.1) is 4.92 Å². The molecule has 0 aliphatic rings. The Bertz CT molecular complexity index is 644. The number of nitrogens with zero attached hydrogens (tertiary/aromatic N) is 4. The molecule has 0 saturated carbocycles. The van der Waals surface area contributed by atoms with Gasteiger partial charge in [-0.3, -0.25) is 10.1 Å². The monoisotopic (exact) mass is 325 g/mol. The van der Waals surface area contributed by atoms with Gasteiger partial charge >= 0.3 is 0 Å². The lowest BCUT2D eigenvalue weighted by molar-refractivity contribution is -0.384. The highest BCUT2D eigenvalue weighted by Crippen LogP contribution is 2.32. The van der Waals surface area contributed by atoms with Crippen molar-refractivity contribution in [2.75, 3.05) is 31.4 Å². The maximum atomic E-state index is 10.9. The van der Waals surface area contributed by atoms with E-state index in [0.29, 0.717) is 5.75 Å². The third-order valence-electron chi connectivity index (χ3n) is 2.70. The summed E-state index contributed by atoms with van der Waals surface area (Å²) in [7, 11) is 5.62. The summed E-state index contributed by atoms with van der Waals surface area (Å²) in [6, 6.07) is 4.81. The topological polar surface area (TPSA) is 84.2 Å². The minimum atomic E-state index is -0.386. The Balaban J connectivity index is 2.14. The molecule has 0 atom stereocenters. The Morgan fingerprint density at radius 3 is 2.76 bits per heavy atom. The van der Waals surface area contributed by atoms with Crippen molar-refractivity contribution in [3.05, 3.63) is 33.9 Å². The first-order valence-electron chi connectivity index (χ1n) is 6.10. The molecule has 9 heteroatoms. The van der Waals surface area contributed by atoms with Gasteiger partial charge in [0.15, 0.2) is 4.34 Å². The summed E-state index contributed by atoms with van der Waals surface area (Å²) in [5.74, 6) is 0.597. The number of benzene rings is 1. The van der Waals surface area contributed by atoms with Gasteiger partial charge in [0, 0.05) is 44.7 Å². The molecule has 1 aromatic carbocycles. The molecule has 0 aliphatic carbocycles.